The molecule has 0 heterocycles. The van der Waals surface area contributed by atoms with Gasteiger partial charge >= 0.3 is 0 Å². The molecule has 0 aliphatic rings. The Morgan fingerprint density at radius 1 is 0.950 bits per heavy atom. The highest BCUT2D eigenvalue weighted by atomic mass is 79.9. The van der Waals surface area contributed by atoms with Gasteiger partial charge in [-0.1, -0.05) is 71.4 Å². The van der Waals surface area contributed by atoms with Gasteiger partial charge in [-0.25, -0.2) is 0 Å². The van der Waals surface area contributed by atoms with Crippen molar-refractivity contribution in [2.24, 2.45) is 0 Å². The highest BCUT2D eigenvalue weighted by molar-refractivity contribution is 9.09. The van der Waals surface area contributed by atoms with Crippen LogP contribution < -0.4 is 4.74 Å². The molecule has 0 saturated carbocycles. The Labute approximate surface area is 130 Å². The SMILES string of the molecule is CC(c1ccccc1)c1ccccc1OCCCCBr. The predicted molar refractivity (Wildman–Crippen MR) is 88.9 cm³/mol. The molecule has 2 aromatic carbocycles. The first kappa shape index (κ1) is 15.1. The largest absolute Gasteiger partial charge is 0.493 e. The second-order valence-electron chi connectivity index (χ2n) is 4.91. The fourth-order valence-electron chi connectivity index (χ4n) is 2.27. The van der Waals surface area contributed by atoms with Crippen LogP contribution in [0.1, 0.15) is 36.8 Å². The zero-order valence-electron chi connectivity index (χ0n) is 11.9. The third-order valence-electron chi connectivity index (χ3n) is 3.47. The fraction of sp³-hybridized carbons (Fsp3) is 0.333. The molecule has 1 unspecified atom stereocenters. The van der Waals surface area contributed by atoms with Gasteiger partial charge in [0.05, 0.1) is 6.61 Å². The molecule has 0 amide bonds. The number of unbranched alkanes of at least 4 members (excludes halogenated alkanes) is 1. The summed E-state index contributed by atoms with van der Waals surface area (Å²) < 4.78 is 5.96. The Hall–Kier alpha value is -1.28. The van der Waals surface area contributed by atoms with E-state index in [9.17, 15) is 0 Å². The number of rotatable bonds is 7. The molecule has 0 aliphatic heterocycles. The number of hydrogen-bond donors (Lipinski definition) is 0. The van der Waals surface area contributed by atoms with Crippen molar-refractivity contribution in [3.8, 4) is 5.75 Å². The minimum absolute atomic E-state index is 0.351. The van der Waals surface area contributed by atoms with E-state index in [4.69, 9.17) is 4.74 Å². The van der Waals surface area contributed by atoms with E-state index in [-0.39, 0.29) is 0 Å². The van der Waals surface area contributed by atoms with Gasteiger partial charge in [0.25, 0.3) is 0 Å². The number of halogens is 1. The monoisotopic (exact) mass is 332 g/mol. The molecule has 20 heavy (non-hydrogen) atoms. The minimum Gasteiger partial charge on any atom is -0.493 e. The van der Waals surface area contributed by atoms with Crippen molar-refractivity contribution in [1.82, 2.24) is 0 Å². The molecule has 0 aliphatic carbocycles. The lowest BCUT2D eigenvalue weighted by Gasteiger charge is -2.17. The van der Waals surface area contributed by atoms with E-state index in [0.29, 0.717) is 5.92 Å². The number of hydrogen-bond acceptors (Lipinski definition) is 1. The standard InChI is InChI=1S/C18H21BrO/c1-15(16-9-3-2-4-10-16)17-11-5-6-12-18(17)20-14-8-7-13-19/h2-6,9-12,15H,7-8,13-14H2,1H3. The van der Waals surface area contributed by atoms with Crippen molar-refractivity contribution >= 4 is 15.9 Å². The maximum atomic E-state index is 5.96. The molecule has 0 bridgehead atoms. The zero-order valence-corrected chi connectivity index (χ0v) is 13.5. The predicted octanol–water partition coefficient (Wildman–Crippen LogP) is 5.39. The van der Waals surface area contributed by atoms with Gasteiger partial charge in [-0.05, 0) is 24.5 Å². The van der Waals surface area contributed by atoms with E-state index in [1.165, 1.54) is 11.1 Å². The number of ether oxygens (including phenoxy) is 1. The van der Waals surface area contributed by atoms with Gasteiger partial charge in [-0.3, -0.25) is 0 Å². The smallest absolute Gasteiger partial charge is 0.123 e. The molecular weight excluding hydrogens is 312 g/mol. The first-order valence-corrected chi connectivity index (χ1v) is 8.27. The molecule has 2 heteroatoms. The molecule has 2 rings (SSSR count). The summed E-state index contributed by atoms with van der Waals surface area (Å²) >= 11 is 3.45. The molecule has 1 nitrogen and oxygen atoms in total. The minimum atomic E-state index is 0.351. The molecule has 0 N–H and O–H groups in total. The molecule has 0 spiro atoms. The molecule has 0 fully saturated rings. The van der Waals surface area contributed by atoms with Gasteiger partial charge in [0.15, 0.2) is 0 Å². The lowest BCUT2D eigenvalue weighted by atomic mass is 9.92. The van der Waals surface area contributed by atoms with Gasteiger partial charge in [-0.2, -0.15) is 0 Å². The average molecular weight is 333 g/mol. The molecule has 2 aromatic rings. The van der Waals surface area contributed by atoms with Gasteiger partial charge in [0, 0.05) is 16.8 Å². The number of para-hydroxylation sites is 1. The van der Waals surface area contributed by atoms with Crippen molar-refractivity contribution in [3.63, 3.8) is 0 Å². The van der Waals surface area contributed by atoms with Crippen LogP contribution in [0.2, 0.25) is 0 Å². The Kier molecular flexibility index (Phi) is 6.13. The quantitative estimate of drug-likeness (QED) is 0.487. The maximum absolute atomic E-state index is 5.96. The summed E-state index contributed by atoms with van der Waals surface area (Å²) in [6.45, 7) is 3.01. The van der Waals surface area contributed by atoms with Crippen molar-refractivity contribution in [2.45, 2.75) is 25.7 Å². The van der Waals surface area contributed by atoms with Crippen LogP contribution in [0.3, 0.4) is 0 Å². The summed E-state index contributed by atoms with van der Waals surface area (Å²) in [5.41, 5.74) is 2.58. The first-order chi connectivity index (χ1) is 9.83. The van der Waals surface area contributed by atoms with Crippen LogP contribution in [-0.4, -0.2) is 11.9 Å². The van der Waals surface area contributed by atoms with E-state index in [1.54, 1.807) is 0 Å². The van der Waals surface area contributed by atoms with Crippen LogP contribution in [0.15, 0.2) is 54.6 Å². The van der Waals surface area contributed by atoms with E-state index < -0.39 is 0 Å². The van der Waals surface area contributed by atoms with Gasteiger partial charge in [0.1, 0.15) is 5.75 Å². The molecule has 0 saturated heterocycles. The summed E-state index contributed by atoms with van der Waals surface area (Å²) in [6, 6.07) is 18.9. The van der Waals surface area contributed by atoms with Crippen molar-refractivity contribution in [2.75, 3.05) is 11.9 Å². The third-order valence-corrected chi connectivity index (χ3v) is 4.03. The summed E-state index contributed by atoms with van der Waals surface area (Å²) in [5.74, 6) is 1.36. The van der Waals surface area contributed by atoms with E-state index in [2.05, 4.69) is 71.4 Å². The summed E-state index contributed by atoms with van der Waals surface area (Å²) in [7, 11) is 0. The first-order valence-electron chi connectivity index (χ1n) is 7.15. The van der Waals surface area contributed by atoms with E-state index >= 15 is 0 Å². The summed E-state index contributed by atoms with van der Waals surface area (Å²) in [4.78, 5) is 0. The average Bonchev–Trinajstić information content (AvgIpc) is 2.52. The van der Waals surface area contributed by atoms with Gasteiger partial charge < -0.3 is 4.74 Å². The normalized spacial score (nSPS) is 12.1. The molecular formula is C18H21BrO. The highest BCUT2D eigenvalue weighted by Crippen LogP contribution is 2.31. The number of benzene rings is 2. The van der Waals surface area contributed by atoms with E-state index in [1.807, 2.05) is 6.07 Å². The zero-order chi connectivity index (χ0) is 14.2. The molecule has 0 radical (unpaired) electrons. The molecule has 1 atom stereocenters. The van der Waals surface area contributed by atoms with Crippen molar-refractivity contribution < 1.29 is 4.74 Å². The summed E-state index contributed by atoms with van der Waals surface area (Å²) in [5, 5.41) is 1.04. The van der Waals surface area contributed by atoms with Crippen LogP contribution >= 0.6 is 15.9 Å². The van der Waals surface area contributed by atoms with Crippen molar-refractivity contribution in [3.05, 3.63) is 65.7 Å². The Morgan fingerprint density at radius 3 is 2.40 bits per heavy atom. The lowest BCUT2D eigenvalue weighted by Crippen LogP contribution is -2.03. The van der Waals surface area contributed by atoms with E-state index in [0.717, 1.165) is 30.5 Å². The van der Waals surface area contributed by atoms with Crippen LogP contribution in [0, 0.1) is 0 Å². The van der Waals surface area contributed by atoms with Gasteiger partial charge in [-0.15, -0.1) is 0 Å². The lowest BCUT2D eigenvalue weighted by molar-refractivity contribution is 0.306. The molecule has 106 valence electrons. The van der Waals surface area contributed by atoms with Crippen molar-refractivity contribution in [1.29, 1.82) is 0 Å². The third kappa shape index (κ3) is 4.11. The molecule has 0 aromatic heterocycles. The number of alkyl halides is 1. The fourth-order valence-corrected chi connectivity index (χ4v) is 2.67. The second-order valence-corrected chi connectivity index (χ2v) is 5.71. The Bertz CT molecular complexity index is 510. The maximum Gasteiger partial charge on any atom is 0.123 e. The highest BCUT2D eigenvalue weighted by Gasteiger charge is 2.12. The van der Waals surface area contributed by atoms with Crippen LogP contribution in [-0.2, 0) is 0 Å². The van der Waals surface area contributed by atoms with Gasteiger partial charge in [0.2, 0.25) is 0 Å². The van der Waals surface area contributed by atoms with Crippen LogP contribution in [0.5, 0.6) is 5.75 Å². The topological polar surface area (TPSA) is 9.23 Å². The second kappa shape index (κ2) is 8.11. The van der Waals surface area contributed by atoms with Crippen LogP contribution in [0.4, 0.5) is 0 Å². The Balaban J connectivity index is 2.11. The summed E-state index contributed by atoms with van der Waals surface area (Å²) in [6.07, 6.45) is 2.23. The van der Waals surface area contributed by atoms with Crippen LogP contribution in [0.25, 0.3) is 0 Å². The Morgan fingerprint density at radius 2 is 1.65 bits per heavy atom.